The van der Waals surface area contributed by atoms with Crippen LogP contribution in [0.3, 0.4) is 0 Å². The molecule has 2 saturated heterocycles. The highest BCUT2D eigenvalue weighted by Crippen LogP contribution is 2.52. The van der Waals surface area contributed by atoms with Crippen LogP contribution in [0.4, 0.5) is 10.1 Å². The molecule has 1 aromatic rings. The summed E-state index contributed by atoms with van der Waals surface area (Å²) in [5.41, 5.74) is 3.37. The maximum absolute atomic E-state index is 15.4. The van der Waals surface area contributed by atoms with Crippen LogP contribution in [0.25, 0.3) is 0 Å². The van der Waals surface area contributed by atoms with Crippen molar-refractivity contribution in [3.63, 3.8) is 0 Å². The van der Waals surface area contributed by atoms with E-state index in [1.807, 2.05) is 35.2 Å². The molecule has 0 N–H and O–H groups in total. The zero-order valence-electron chi connectivity index (χ0n) is 17.4. The third-order valence-electron chi connectivity index (χ3n) is 6.19. The first-order valence-corrected chi connectivity index (χ1v) is 10.2. The van der Waals surface area contributed by atoms with Crippen LogP contribution in [0.1, 0.15) is 46.1 Å². The molecule has 0 aliphatic carbocycles. The predicted molar refractivity (Wildman–Crippen MR) is 114 cm³/mol. The molecule has 29 heavy (non-hydrogen) atoms. The summed E-state index contributed by atoms with van der Waals surface area (Å²) < 4.78 is 21.5. The van der Waals surface area contributed by atoms with Crippen molar-refractivity contribution in [2.24, 2.45) is 15.4 Å². The minimum absolute atomic E-state index is 0.00646. The smallest absolute Gasteiger partial charge is 0.143 e. The molecule has 2 fully saturated rings. The van der Waals surface area contributed by atoms with Gasteiger partial charge in [0, 0.05) is 22.2 Å². The zero-order chi connectivity index (χ0) is 20.6. The molecule has 0 spiro atoms. The van der Waals surface area contributed by atoms with Gasteiger partial charge < -0.3 is 4.74 Å². The Kier molecular flexibility index (Phi) is 3.82. The van der Waals surface area contributed by atoms with E-state index in [1.165, 1.54) is 0 Å². The van der Waals surface area contributed by atoms with E-state index in [0.29, 0.717) is 11.4 Å². The average Bonchev–Trinajstić information content (AvgIpc) is 3.18. The van der Waals surface area contributed by atoms with Crippen molar-refractivity contribution in [3.05, 3.63) is 65.2 Å². The molecule has 2 bridgehead atoms. The highest BCUT2D eigenvalue weighted by Gasteiger charge is 2.51. The molecule has 0 saturated carbocycles. The topological polar surface area (TPSA) is 37.2 Å². The highest BCUT2D eigenvalue weighted by atomic mass is 19.1. The Morgan fingerprint density at radius 3 is 2.79 bits per heavy atom. The van der Waals surface area contributed by atoms with E-state index in [9.17, 15) is 0 Å². The third-order valence-corrected chi connectivity index (χ3v) is 6.19. The summed E-state index contributed by atoms with van der Waals surface area (Å²) in [4.78, 5) is 11.7. The lowest BCUT2D eigenvalue weighted by Crippen LogP contribution is -2.45. The number of amidine groups is 2. The third kappa shape index (κ3) is 2.67. The summed E-state index contributed by atoms with van der Waals surface area (Å²) >= 11 is 0. The lowest BCUT2D eigenvalue weighted by atomic mass is 9.80. The van der Waals surface area contributed by atoms with Crippen LogP contribution >= 0.6 is 0 Å². The molecule has 0 aromatic heterocycles. The number of ether oxygens (including phenoxy) is 1. The van der Waals surface area contributed by atoms with E-state index < -0.39 is 5.60 Å². The summed E-state index contributed by atoms with van der Waals surface area (Å²) in [5, 5.41) is 0. The van der Waals surface area contributed by atoms with Crippen LogP contribution in [-0.2, 0) is 4.74 Å². The van der Waals surface area contributed by atoms with Crippen molar-refractivity contribution >= 4 is 17.4 Å². The predicted octanol–water partition coefficient (Wildman–Crippen LogP) is 5.45. The fourth-order valence-electron chi connectivity index (χ4n) is 4.79. The van der Waals surface area contributed by atoms with Crippen molar-refractivity contribution in [3.8, 4) is 0 Å². The van der Waals surface area contributed by atoms with Gasteiger partial charge in [-0.3, -0.25) is 9.89 Å². The first kappa shape index (κ1) is 18.5. The number of nitrogens with zero attached hydrogens (tertiary/aromatic N) is 3. The second-order valence-corrected chi connectivity index (χ2v) is 9.42. The average molecular weight is 391 g/mol. The van der Waals surface area contributed by atoms with Crippen LogP contribution in [0.15, 0.2) is 69.6 Å². The Bertz CT molecular complexity index is 1060. The number of hydrogen-bond donors (Lipinski definition) is 0. The van der Waals surface area contributed by atoms with Gasteiger partial charge in [-0.05, 0) is 43.5 Å². The second kappa shape index (κ2) is 5.99. The van der Waals surface area contributed by atoms with Crippen molar-refractivity contribution in [1.82, 2.24) is 4.90 Å². The monoisotopic (exact) mass is 391 g/mol. The molecule has 0 radical (unpaired) electrons. The minimum Gasteiger partial charge on any atom is -0.363 e. The molecule has 2 atom stereocenters. The molecule has 4 aliphatic rings. The second-order valence-electron chi connectivity index (χ2n) is 9.42. The normalized spacial score (nSPS) is 34.7. The van der Waals surface area contributed by atoms with Crippen LogP contribution < -0.4 is 0 Å². The largest absolute Gasteiger partial charge is 0.363 e. The molecule has 4 heterocycles. The number of hydrogen-bond acceptors (Lipinski definition) is 4. The van der Waals surface area contributed by atoms with Gasteiger partial charge >= 0.3 is 0 Å². The molecule has 150 valence electrons. The SMILES string of the molecule is C=C1/C=C2\C(=C(\F)C/N=C3/c4ccccc4N=C(C(C)(C)C)N13)C1CCC2(C)O1. The first-order chi connectivity index (χ1) is 13.7. The van der Waals surface area contributed by atoms with Crippen molar-refractivity contribution < 1.29 is 9.13 Å². The minimum atomic E-state index is -0.461. The molecule has 5 heteroatoms. The van der Waals surface area contributed by atoms with Crippen molar-refractivity contribution in [2.45, 2.75) is 52.2 Å². The summed E-state index contributed by atoms with van der Waals surface area (Å²) in [6.07, 6.45) is 3.55. The highest BCUT2D eigenvalue weighted by molar-refractivity contribution is 6.18. The van der Waals surface area contributed by atoms with E-state index in [2.05, 4.69) is 34.3 Å². The van der Waals surface area contributed by atoms with Crippen LogP contribution in [0, 0.1) is 5.41 Å². The van der Waals surface area contributed by atoms with Gasteiger partial charge in [0.05, 0.1) is 23.9 Å². The van der Waals surface area contributed by atoms with Crippen molar-refractivity contribution in [2.75, 3.05) is 6.54 Å². The Balaban J connectivity index is 1.75. The quantitative estimate of drug-likeness (QED) is 0.589. The van der Waals surface area contributed by atoms with E-state index in [4.69, 9.17) is 14.7 Å². The van der Waals surface area contributed by atoms with E-state index >= 15 is 4.39 Å². The van der Waals surface area contributed by atoms with Gasteiger partial charge in [-0.1, -0.05) is 39.5 Å². The van der Waals surface area contributed by atoms with E-state index in [0.717, 1.165) is 41.2 Å². The van der Waals surface area contributed by atoms with Crippen molar-refractivity contribution in [1.29, 1.82) is 0 Å². The first-order valence-electron chi connectivity index (χ1n) is 10.2. The number of para-hydroxylation sites is 1. The van der Waals surface area contributed by atoms with Gasteiger partial charge in [0.25, 0.3) is 0 Å². The van der Waals surface area contributed by atoms with Crippen LogP contribution in [0.5, 0.6) is 0 Å². The van der Waals surface area contributed by atoms with Gasteiger partial charge in [-0.25, -0.2) is 9.38 Å². The molecule has 0 amide bonds. The summed E-state index contributed by atoms with van der Waals surface area (Å²) in [7, 11) is 0. The van der Waals surface area contributed by atoms with Gasteiger partial charge in [0.1, 0.15) is 17.5 Å². The maximum atomic E-state index is 15.4. The zero-order valence-corrected chi connectivity index (χ0v) is 17.4. The summed E-state index contributed by atoms with van der Waals surface area (Å²) in [6, 6.07) is 7.90. The van der Waals surface area contributed by atoms with Gasteiger partial charge in [0.15, 0.2) is 0 Å². The maximum Gasteiger partial charge on any atom is 0.143 e. The Hall–Kier alpha value is -2.53. The fourth-order valence-corrected chi connectivity index (χ4v) is 4.79. The fraction of sp³-hybridized carbons (Fsp3) is 0.417. The van der Waals surface area contributed by atoms with Crippen LogP contribution in [0.2, 0.25) is 0 Å². The Morgan fingerprint density at radius 2 is 2.03 bits per heavy atom. The van der Waals surface area contributed by atoms with E-state index in [1.54, 1.807) is 0 Å². The number of allylic oxidation sites excluding steroid dienone is 1. The van der Waals surface area contributed by atoms with Crippen LogP contribution in [-0.4, -0.2) is 34.8 Å². The Morgan fingerprint density at radius 1 is 1.28 bits per heavy atom. The lowest BCUT2D eigenvalue weighted by molar-refractivity contribution is 0.0481. The molecular formula is C24H26FN3O. The molecule has 1 aromatic carbocycles. The Labute approximate surface area is 171 Å². The number of halogens is 1. The number of benzene rings is 1. The molecule has 4 aliphatic heterocycles. The molecule has 2 unspecified atom stereocenters. The van der Waals surface area contributed by atoms with E-state index in [-0.39, 0.29) is 23.9 Å². The number of rotatable bonds is 0. The van der Waals surface area contributed by atoms with Gasteiger partial charge in [-0.2, -0.15) is 0 Å². The van der Waals surface area contributed by atoms with Gasteiger partial charge in [-0.15, -0.1) is 0 Å². The number of fused-ring (bicyclic) bond motifs is 8. The van der Waals surface area contributed by atoms with Gasteiger partial charge in [0.2, 0.25) is 0 Å². The molecular weight excluding hydrogens is 365 g/mol. The summed E-state index contributed by atoms with van der Waals surface area (Å²) in [6.45, 7) is 12.8. The standard InChI is InChI=1S/C24H26FN3O/c1-14-12-16-20(19-10-11-24(16,5)29-19)17(25)13-26-21-15-8-6-7-9-18(15)27-22(28(14)21)23(2,3)4/h6-9,12,19H,1,10-11,13H2,2-5H3/b16-12+,20-17-,26-21-. The lowest BCUT2D eigenvalue weighted by Gasteiger charge is -2.38. The molecule has 5 rings (SSSR count). The number of aliphatic imine (C=N–C) groups is 2. The summed E-state index contributed by atoms with van der Waals surface area (Å²) in [5.74, 6) is 1.36. The molecule has 4 nitrogen and oxygen atoms in total.